The third-order valence-corrected chi connectivity index (χ3v) is 4.89. The Bertz CT molecular complexity index is 823. The van der Waals surface area contributed by atoms with E-state index in [9.17, 15) is 4.79 Å². The number of pyridine rings is 1. The summed E-state index contributed by atoms with van der Waals surface area (Å²) in [7, 11) is 0. The lowest BCUT2D eigenvalue weighted by atomic mass is 10.2. The molecule has 0 saturated carbocycles. The first kappa shape index (κ1) is 16.0. The number of imidazole rings is 1. The predicted octanol–water partition coefficient (Wildman–Crippen LogP) is 1.49. The molecular weight excluding hydrogens is 338 g/mol. The molecule has 7 nitrogen and oxygen atoms in total. The van der Waals surface area contributed by atoms with Crippen LogP contribution in [0.5, 0.6) is 0 Å². The number of thiazole rings is 1. The quantitative estimate of drug-likeness (QED) is 0.749. The molecule has 1 amide bonds. The number of carbonyl (C=O) groups is 1. The topological polar surface area (TPSA) is 71.8 Å². The van der Waals surface area contributed by atoms with Crippen LogP contribution >= 0.6 is 11.3 Å². The fourth-order valence-corrected chi connectivity index (χ4v) is 3.51. The van der Waals surface area contributed by atoms with Crippen molar-refractivity contribution in [3.05, 3.63) is 47.4 Å². The number of nitrogens with one attached hydrogen (secondary N) is 1. The number of hydrogen-bond donors (Lipinski definition) is 1. The molecule has 0 bridgehead atoms. The second kappa shape index (κ2) is 7.20. The molecule has 1 aliphatic rings. The van der Waals surface area contributed by atoms with E-state index in [0.29, 0.717) is 6.54 Å². The highest BCUT2D eigenvalue weighted by molar-refractivity contribution is 7.15. The van der Waals surface area contributed by atoms with E-state index in [1.54, 1.807) is 11.3 Å². The molecule has 1 fully saturated rings. The summed E-state index contributed by atoms with van der Waals surface area (Å²) < 4.78 is 7.28. The van der Waals surface area contributed by atoms with Gasteiger partial charge in [-0.1, -0.05) is 6.07 Å². The van der Waals surface area contributed by atoms with Gasteiger partial charge in [0.2, 0.25) is 5.91 Å². The zero-order valence-electron chi connectivity index (χ0n) is 13.7. The minimum atomic E-state index is -0.0389. The molecule has 0 aromatic carbocycles. The van der Waals surface area contributed by atoms with Crippen LogP contribution in [0.1, 0.15) is 11.3 Å². The summed E-state index contributed by atoms with van der Waals surface area (Å²) in [5, 5.41) is 4.90. The largest absolute Gasteiger partial charge is 0.378 e. The van der Waals surface area contributed by atoms with Gasteiger partial charge < -0.3 is 15.0 Å². The Labute approximate surface area is 149 Å². The van der Waals surface area contributed by atoms with E-state index < -0.39 is 0 Å². The highest BCUT2D eigenvalue weighted by Crippen LogP contribution is 2.13. The summed E-state index contributed by atoms with van der Waals surface area (Å²) in [5.41, 5.74) is 1.77. The molecular formula is C17H19N5O2S. The number of ether oxygens (including phenoxy) is 1. The predicted molar refractivity (Wildman–Crippen MR) is 95.9 cm³/mol. The standard InChI is InChI=1S/C17H19N5O2S/c23-16(9-14-12-22-5-8-25-17(22)20-14)19-11-13-1-2-15(18-10-13)21-3-6-24-7-4-21/h1-2,5,8,10,12H,3-4,6-7,9,11H2,(H,19,23). The van der Waals surface area contributed by atoms with Crippen molar-refractivity contribution in [2.24, 2.45) is 0 Å². The molecule has 0 unspecified atom stereocenters. The average molecular weight is 357 g/mol. The number of carbonyl (C=O) groups excluding carboxylic acids is 1. The number of nitrogens with zero attached hydrogens (tertiary/aromatic N) is 4. The maximum atomic E-state index is 12.1. The van der Waals surface area contributed by atoms with Crippen molar-refractivity contribution in [2.45, 2.75) is 13.0 Å². The number of hydrogen-bond acceptors (Lipinski definition) is 6. The van der Waals surface area contributed by atoms with Gasteiger partial charge in [0, 0.05) is 43.6 Å². The van der Waals surface area contributed by atoms with E-state index in [1.807, 2.05) is 40.5 Å². The van der Waals surface area contributed by atoms with Gasteiger partial charge in [-0.3, -0.25) is 9.20 Å². The Hall–Kier alpha value is -2.45. The lowest BCUT2D eigenvalue weighted by Crippen LogP contribution is -2.36. The molecule has 1 saturated heterocycles. The lowest BCUT2D eigenvalue weighted by Gasteiger charge is -2.27. The Morgan fingerprint density at radius 1 is 1.32 bits per heavy atom. The van der Waals surface area contributed by atoms with Gasteiger partial charge in [-0.2, -0.15) is 0 Å². The molecule has 1 N–H and O–H groups in total. The minimum Gasteiger partial charge on any atom is -0.378 e. The summed E-state index contributed by atoms with van der Waals surface area (Å²) in [5.74, 6) is 0.916. The van der Waals surface area contributed by atoms with Crippen LogP contribution in [0.4, 0.5) is 5.82 Å². The van der Waals surface area contributed by atoms with E-state index >= 15 is 0 Å². The van der Waals surface area contributed by atoms with Gasteiger partial charge in [0.05, 0.1) is 25.3 Å². The summed E-state index contributed by atoms with van der Waals surface area (Å²) in [6, 6.07) is 4.00. The monoisotopic (exact) mass is 357 g/mol. The summed E-state index contributed by atoms with van der Waals surface area (Å²) in [6.07, 6.45) is 5.94. The molecule has 3 aromatic rings. The Kier molecular flexibility index (Phi) is 4.62. The molecule has 0 spiro atoms. The molecule has 4 heterocycles. The molecule has 1 aliphatic heterocycles. The first-order valence-corrected chi connectivity index (χ1v) is 9.11. The Morgan fingerprint density at radius 3 is 2.96 bits per heavy atom. The van der Waals surface area contributed by atoms with Crippen molar-refractivity contribution < 1.29 is 9.53 Å². The van der Waals surface area contributed by atoms with E-state index in [0.717, 1.165) is 48.3 Å². The SMILES string of the molecule is O=C(Cc1cn2ccsc2n1)NCc1ccc(N2CCOCC2)nc1. The minimum absolute atomic E-state index is 0.0389. The highest BCUT2D eigenvalue weighted by atomic mass is 32.1. The van der Waals surface area contributed by atoms with Crippen molar-refractivity contribution in [1.82, 2.24) is 19.7 Å². The first-order valence-electron chi connectivity index (χ1n) is 8.23. The highest BCUT2D eigenvalue weighted by Gasteiger charge is 2.12. The van der Waals surface area contributed by atoms with E-state index in [-0.39, 0.29) is 12.3 Å². The molecule has 25 heavy (non-hydrogen) atoms. The Morgan fingerprint density at radius 2 is 2.20 bits per heavy atom. The van der Waals surface area contributed by atoms with Crippen molar-refractivity contribution in [3.8, 4) is 0 Å². The zero-order chi connectivity index (χ0) is 17.1. The maximum Gasteiger partial charge on any atom is 0.226 e. The first-order chi connectivity index (χ1) is 12.3. The maximum absolute atomic E-state index is 12.1. The van der Waals surface area contributed by atoms with Crippen molar-refractivity contribution in [2.75, 3.05) is 31.2 Å². The fourth-order valence-electron chi connectivity index (χ4n) is 2.79. The van der Waals surface area contributed by atoms with Crippen molar-refractivity contribution >= 4 is 28.0 Å². The molecule has 0 atom stereocenters. The van der Waals surface area contributed by atoms with Crippen molar-refractivity contribution in [3.63, 3.8) is 0 Å². The smallest absolute Gasteiger partial charge is 0.226 e. The average Bonchev–Trinajstić information content (AvgIpc) is 3.23. The van der Waals surface area contributed by atoms with Gasteiger partial charge in [-0.25, -0.2) is 9.97 Å². The van der Waals surface area contributed by atoms with E-state index in [2.05, 4.69) is 20.2 Å². The third kappa shape index (κ3) is 3.80. The molecule has 0 aliphatic carbocycles. The molecule has 3 aromatic heterocycles. The molecule has 4 rings (SSSR count). The number of anilines is 1. The number of amides is 1. The second-order valence-electron chi connectivity index (χ2n) is 5.90. The third-order valence-electron chi connectivity index (χ3n) is 4.12. The number of rotatable bonds is 5. The fraction of sp³-hybridized carbons (Fsp3) is 0.353. The van der Waals surface area contributed by atoms with Gasteiger partial charge in [-0.05, 0) is 11.6 Å². The van der Waals surface area contributed by atoms with E-state index in [1.165, 1.54) is 0 Å². The van der Waals surface area contributed by atoms with Crippen LogP contribution in [0.15, 0.2) is 36.1 Å². The van der Waals surface area contributed by atoms with Crippen LogP contribution in [0.25, 0.3) is 4.96 Å². The second-order valence-corrected chi connectivity index (χ2v) is 6.78. The molecule has 8 heteroatoms. The van der Waals surface area contributed by atoms with Crippen LogP contribution in [-0.4, -0.2) is 46.6 Å². The summed E-state index contributed by atoms with van der Waals surface area (Å²) in [6.45, 7) is 3.68. The summed E-state index contributed by atoms with van der Waals surface area (Å²) in [4.78, 5) is 24.1. The normalized spacial score (nSPS) is 14.8. The van der Waals surface area contributed by atoms with Gasteiger partial charge in [0.15, 0.2) is 4.96 Å². The van der Waals surface area contributed by atoms with Gasteiger partial charge in [-0.15, -0.1) is 11.3 Å². The van der Waals surface area contributed by atoms with Crippen LogP contribution in [0.3, 0.4) is 0 Å². The van der Waals surface area contributed by atoms with Crippen LogP contribution < -0.4 is 10.2 Å². The lowest BCUT2D eigenvalue weighted by molar-refractivity contribution is -0.120. The van der Waals surface area contributed by atoms with Crippen molar-refractivity contribution in [1.29, 1.82) is 0 Å². The van der Waals surface area contributed by atoms with Gasteiger partial charge in [0.1, 0.15) is 5.82 Å². The Balaban J connectivity index is 1.29. The van der Waals surface area contributed by atoms with Crippen LogP contribution in [-0.2, 0) is 22.5 Å². The number of fused-ring (bicyclic) bond motifs is 1. The number of morpholine rings is 1. The summed E-state index contributed by atoms with van der Waals surface area (Å²) >= 11 is 1.56. The van der Waals surface area contributed by atoms with Crippen LogP contribution in [0, 0.1) is 0 Å². The molecule has 0 radical (unpaired) electrons. The number of aromatic nitrogens is 3. The van der Waals surface area contributed by atoms with Gasteiger partial charge >= 0.3 is 0 Å². The van der Waals surface area contributed by atoms with Gasteiger partial charge in [0.25, 0.3) is 0 Å². The zero-order valence-corrected chi connectivity index (χ0v) is 14.5. The van der Waals surface area contributed by atoms with Crippen LogP contribution in [0.2, 0.25) is 0 Å². The molecule has 130 valence electrons. The van der Waals surface area contributed by atoms with E-state index in [4.69, 9.17) is 4.74 Å².